The number of phenols is 1. The first-order valence-electron chi connectivity index (χ1n) is 11.4. The fourth-order valence-corrected chi connectivity index (χ4v) is 3.36. The molecule has 194 valence electrons. The van der Waals surface area contributed by atoms with Crippen LogP contribution in [-0.2, 0) is 32.0 Å². The van der Waals surface area contributed by atoms with E-state index in [1.54, 1.807) is 0 Å². The Morgan fingerprint density at radius 3 is 1.94 bits per heavy atom. The van der Waals surface area contributed by atoms with Gasteiger partial charge in [-0.2, -0.15) is 0 Å². The zero-order valence-electron chi connectivity index (χ0n) is 20.0. The van der Waals surface area contributed by atoms with Crippen molar-refractivity contribution in [3.63, 3.8) is 0 Å². The lowest BCUT2D eigenvalue weighted by atomic mass is 10.0. The van der Waals surface area contributed by atoms with E-state index in [-0.39, 0.29) is 18.6 Å². The fourth-order valence-electron chi connectivity index (χ4n) is 3.36. The van der Waals surface area contributed by atoms with Gasteiger partial charge in [0.1, 0.15) is 23.9 Å². The lowest BCUT2D eigenvalue weighted by Gasteiger charge is -2.25. The smallest absolute Gasteiger partial charge is 0.326 e. The number of aliphatic carboxylic acids is 1. The number of rotatable bonds is 12. The van der Waals surface area contributed by atoms with Crippen LogP contribution in [0.5, 0.6) is 5.75 Å². The maximum atomic E-state index is 12.7. The minimum atomic E-state index is -1.48. The van der Waals surface area contributed by atoms with E-state index in [0.717, 1.165) is 5.56 Å². The van der Waals surface area contributed by atoms with Crippen LogP contribution in [-0.4, -0.2) is 69.3 Å². The normalized spacial score (nSPS) is 15.0. The highest BCUT2D eigenvalue weighted by Gasteiger charge is 2.31. The number of benzene rings is 2. The first-order valence-corrected chi connectivity index (χ1v) is 11.4. The van der Waals surface area contributed by atoms with Gasteiger partial charge in [-0.1, -0.05) is 42.5 Å². The van der Waals surface area contributed by atoms with Crippen LogP contribution >= 0.6 is 0 Å². The zero-order valence-corrected chi connectivity index (χ0v) is 20.0. The molecule has 0 heterocycles. The largest absolute Gasteiger partial charge is 0.508 e. The molecule has 0 spiro atoms. The summed E-state index contributed by atoms with van der Waals surface area (Å²) >= 11 is 0. The average Bonchev–Trinajstić information content (AvgIpc) is 2.83. The van der Waals surface area contributed by atoms with Crippen molar-refractivity contribution in [3.8, 4) is 5.75 Å². The van der Waals surface area contributed by atoms with Crippen molar-refractivity contribution in [2.24, 2.45) is 5.73 Å². The first kappa shape index (κ1) is 28.3. The first-order chi connectivity index (χ1) is 17.0. The van der Waals surface area contributed by atoms with Crippen LogP contribution in [0.25, 0.3) is 0 Å². The van der Waals surface area contributed by atoms with Gasteiger partial charge >= 0.3 is 5.97 Å². The number of hydrogen-bond acceptors (Lipinski definition) is 7. The molecule has 2 rings (SSSR count). The second kappa shape index (κ2) is 13.2. The Bertz CT molecular complexity index is 1040. The molecule has 5 unspecified atom stereocenters. The molecule has 3 amide bonds. The predicted octanol–water partition coefficient (Wildman–Crippen LogP) is -0.556. The molecule has 0 aromatic heterocycles. The molecule has 8 N–H and O–H groups in total. The third kappa shape index (κ3) is 8.67. The number of nitrogens with two attached hydrogens (primary N) is 1. The quantitative estimate of drug-likeness (QED) is 0.202. The van der Waals surface area contributed by atoms with Gasteiger partial charge in [0.2, 0.25) is 17.7 Å². The van der Waals surface area contributed by atoms with Gasteiger partial charge < -0.3 is 37.0 Å². The summed E-state index contributed by atoms with van der Waals surface area (Å²) in [5, 5.41) is 36.1. The highest BCUT2D eigenvalue weighted by Crippen LogP contribution is 2.12. The number of aromatic hydroxyl groups is 1. The standard InChI is InChI=1S/C25H32N4O7/c1-14(27-23(33)19(26)12-16-6-4-3-5-7-16)22(32)29-21(15(2)30)24(34)28-20(25(35)36)13-17-8-10-18(31)11-9-17/h3-11,14-15,19-21,30-31H,12-13,26H2,1-2H3,(H,27,33)(H,28,34)(H,29,32)(H,35,36). The topological polar surface area (TPSA) is 191 Å². The van der Waals surface area contributed by atoms with Crippen LogP contribution < -0.4 is 21.7 Å². The van der Waals surface area contributed by atoms with E-state index in [2.05, 4.69) is 16.0 Å². The SMILES string of the molecule is CC(NC(=O)C(N)Cc1ccccc1)C(=O)NC(C(=O)NC(Cc1ccc(O)cc1)C(=O)O)C(C)O. The number of aliphatic hydroxyl groups is 1. The van der Waals surface area contributed by atoms with Gasteiger partial charge in [0.15, 0.2) is 0 Å². The summed E-state index contributed by atoms with van der Waals surface area (Å²) in [6, 6.07) is 10.1. The van der Waals surface area contributed by atoms with Crippen molar-refractivity contribution < 1.29 is 34.5 Å². The number of aliphatic hydroxyl groups excluding tert-OH is 1. The molecule has 0 fully saturated rings. The van der Waals surface area contributed by atoms with E-state index in [0.29, 0.717) is 5.56 Å². The molecule has 0 aliphatic carbocycles. The van der Waals surface area contributed by atoms with E-state index < -0.39 is 54.0 Å². The summed E-state index contributed by atoms with van der Waals surface area (Å²) < 4.78 is 0. The van der Waals surface area contributed by atoms with Gasteiger partial charge in [-0.15, -0.1) is 0 Å². The van der Waals surface area contributed by atoms with E-state index >= 15 is 0 Å². The van der Waals surface area contributed by atoms with Crippen LogP contribution in [0, 0.1) is 0 Å². The summed E-state index contributed by atoms with van der Waals surface area (Å²) in [4.78, 5) is 49.4. The van der Waals surface area contributed by atoms with Crippen molar-refractivity contribution in [3.05, 3.63) is 65.7 Å². The van der Waals surface area contributed by atoms with Crippen molar-refractivity contribution in [1.82, 2.24) is 16.0 Å². The molecule has 0 radical (unpaired) electrons. The molecule has 5 atom stereocenters. The van der Waals surface area contributed by atoms with E-state index in [9.17, 15) is 34.5 Å². The number of phenolic OH excluding ortho intramolecular Hbond substituents is 1. The van der Waals surface area contributed by atoms with Gasteiger partial charge in [-0.3, -0.25) is 14.4 Å². The average molecular weight is 501 g/mol. The van der Waals surface area contributed by atoms with Crippen molar-refractivity contribution in [1.29, 1.82) is 0 Å². The van der Waals surface area contributed by atoms with Crippen LogP contribution in [0.4, 0.5) is 0 Å². The highest BCUT2D eigenvalue weighted by molar-refractivity contribution is 5.94. The van der Waals surface area contributed by atoms with Crippen LogP contribution in [0.1, 0.15) is 25.0 Å². The number of carboxylic acid groups (broad SMARTS) is 1. The maximum absolute atomic E-state index is 12.7. The molecule has 0 aliphatic heterocycles. The molecule has 2 aromatic carbocycles. The molecule has 0 saturated carbocycles. The predicted molar refractivity (Wildman–Crippen MR) is 131 cm³/mol. The Balaban J connectivity index is 1.97. The summed E-state index contributed by atoms with van der Waals surface area (Å²) in [6.45, 7) is 2.66. The molecule has 0 saturated heterocycles. The molecular weight excluding hydrogens is 468 g/mol. The van der Waals surface area contributed by atoms with Crippen molar-refractivity contribution in [2.75, 3.05) is 0 Å². The molecule has 36 heavy (non-hydrogen) atoms. The van der Waals surface area contributed by atoms with Gasteiger partial charge in [-0.05, 0) is 43.5 Å². The lowest BCUT2D eigenvalue weighted by molar-refractivity contribution is -0.143. The molecule has 11 heteroatoms. The number of amides is 3. The second-order valence-corrected chi connectivity index (χ2v) is 8.52. The van der Waals surface area contributed by atoms with E-state index in [1.165, 1.54) is 38.1 Å². The highest BCUT2D eigenvalue weighted by atomic mass is 16.4. The lowest BCUT2D eigenvalue weighted by Crippen LogP contribution is -2.59. The minimum absolute atomic E-state index is 0.00813. The number of carboxylic acids is 1. The Hall–Kier alpha value is -3.96. The Morgan fingerprint density at radius 1 is 0.806 bits per heavy atom. The number of hydrogen-bond donors (Lipinski definition) is 7. The van der Waals surface area contributed by atoms with Crippen LogP contribution in [0.15, 0.2) is 54.6 Å². The number of carbonyl (C=O) groups is 4. The van der Waals surface area contributed by atoms with Gasteiger partial charge in [-0.25, -0.2) is 4.79 Å². The van der Waals surface area contributed by atoms with E-state index in [4.69, 9.17) is 5.73 Å². The van der Waals surface area contributed by atoms with Crippen molar-refractivity contribution in [2.45, 2.75) is 57.0 Å². The number of carbonyl (C=O) groups excluding carboxylic acids is 3. The van der Waals surface area contributed by atoms with E-state index in [1.807, 2.05) is 30.3 Å². The van der Waals surface area contributed by atoms with Gasteiger partial charge in [0, 0.05) is 6.42 Å². The monoisotopic (exact) mass is 500 g/mol. The van der Waals surface area contributed by atoms with Gasteiger partial charge in [0.05, 0.1) is 12.1 Å². The second-order valence-electron chi connectivity index (χ2n) is 8.52. The summed E-state index contributed by atoms with van der Waals surface area (Å²) in [7, 11) is 0. The Labute approximate surface area is 208 Å². The van der Waals surface area contributed by atoms with Gasteiger partial charge in [0.25, 0.3) is 0 Å². The maximum Gasteiger partial charge on any atom is 0.326 e. The summed E-state index contributed by atoms with van der Waals surface area (Å²) in [5.41, 5.74) is 7.33. The molecule has 11 nitrogen and oxygen atoms in total. The Morgan fingerprint density at radius 2 is 1.39 bits per heavy atom. The van der Waals surface area contributed by atoms with Crippen molar-refractivity contribution >= 4 is 23.7 Å². The Kier molecular flexibility index (Phi) is 10.4. The summed E-state index contributed by atoms with van der Waals surface area (Å²) in [5.74, 6) is -3.56. The molecular formula is C25H32N4O7. The molecule has 0 bridgehead atoms. The van der Waals surface area contributed by atoms with Crippen LogP contribution in [0.3, 0.4) is 0 Å². The fraction of sp³-hybridized carbons (Fsp3) is 0.360. The minimum Gasteiger partial charge on any atom is -0.508 e. The third-order valence-electron chi connectivity index (χ3n) is 5.44. The molecule has 2 aromatic rings. The summed E-state index contributed by atoms with van der Waals surface area (Å²) in [6.07, 6.45) is -1.19. The third-order valence-corrected chi connectivity index (χ3v) is 5.44. The van der Waals surface area contributed by atoms with Crippen LogP contribution in [0.2, 0.25) is 0 Å². The zero-order chi connectivity index (χ0) is 26.8. The number of nitrogens with one attached hydrogen (secondary N) is 3. The molecule has 0 aliphatic rings.